The molecule has 3 unspecified atom stereocenters. The smallest absolute Gasteiger partial charge is 0.232 e. The lowest BCUT2D eigenvalue weighted by Gasteiger charge is -2.31. The van der Waals surface area contributed by atoms with Crippen molar-refractivity contribution in [1.82, 2.24) is 9.78 Å². The summed E-state index contributed by atoms with van der Waals surface area (Å²) in [6.07, 6.45) is 5.90. The highest BCUT2D eigenvalue weighted by atomic mass is 16.5. The summed E-state index contributed by atoms with van der Waals surface area (Å²) in [7, 11) is 1.92. The molecule has 1 aliphatic rings. The van der Waals surface area contributed by atoms with Crippen LogP contribution in [0.2, 0.25) is 0 Å². The third-order valence-electron chi connectivity index (χ3n) is 3.53. The van der Waals surface area contributed by atoms with Gasteiger partial charge < -0.3 is 4.74 Å². The molecular weight excluding hydrogens is 188 g/mol. The minimum Gasteiger partial charge on any atom is -0.473 e. The molecule has 0 saturated heterocycles. The fraction of sp³-hybridized carbons (Fsp3) is 0.750. The zero-order valence-corrected chi connectivity index (χ0v) is 9.81. The monoisotopic (exact) mass is 208 g/mol. The summed E-state index contributed by atoms with van der Waals surface area (Å²) < 4.78 is 7.64. The Morgan fingerprint density at radius 1 is 1.33 bits per heavy atom. The fourth-order valence-electron chi connectivity index (χ4n) is 2.23. The Morgan fingerprint density at radius 2 is 2.13 bits per heavy atom. The molecule has 0 spiro atoms. The van der Waals surface area contributed by atoms with Gasteiger partial charge in [-0.25, -0.2) is 0 Å². The lowest BCUT2D eigenvalue weighted by Crippen LogP contribution is -2.28. The Bertz CT molecular complexity index is 321. The molecule has 1 aromatic heterocycles. The number of hydrogen-bond donors (Lipinski definition) is 0. The quantitative estimate of drug-likeness (QED) is 0.747. The summed E-state index contributed by atoms with van der Waals surface area (Å²) in [4.78, 5) is 0. The molecule has 3 atom stereocenters. The predicted molar refractivity (Wildman–Crippen MR) is 59.8 cm³/mol. The molecule has 0 aromatic carbocycles. The van der Waals surface area contributed by atoms with Crippen molar-refractivity contribution in [3.63, 3.8) is 0 Å². The summed E-state index contributed by atoms with van der Waals surface area (Å²) in [6.45, 7) is 4.65. The first kappa shape index (κ1) is 10.5. The minimum atomic E-state index is 0.367. The molecule has 0 aliphatic heterocycles. The molecule has 1 aromatic rings. The number of hydrogen-bond acceptors (Lipinski definition) is 2. The van der Waals surface area contributed by atoms with Crippen LogP contribution in [0, 0.1) is 11.8 Å². The number of rotatable bonds is 2. The second-order valence-corrected chi connectivity index (χ2v) is 4.84. The van der Waals surface area contributed by atoms with Crippen molar-refractivity contribution >= 4 is 0 Å². The van der Waals surface area contributed by atoms with Crippen molar-refractivity contribution in [1.29, 1.82) is 0 Å². The van der Waals surface area contributed by atoms with Crippen LogP contribution in [0.3, 0.4) is 0 Å². The van der Waals surface area contributed by atoms with Gasteiger partial charge in [0.2, 0.25) is 5.88 Å². The highest BCUT2D eigenvalue weighted by Gasteiger charge is 2.25. The SMILES string of the molecule is CC1CCC(Oc2ccn(C)n2)CC1C. The third kappa shape index (κ3) is 2.52. The molecule has 15 heavy (non-hydrogen) atoms. The second kappa shape index (κ2) is 4.25. The molecule has 0 amide bonds. The Kier molecular flexibility index (Phi) is 2.98. The van der Waals surface area contributed by atoms with Crippen molar-refractivity contribution in [2.45, 2.75) is 39.2 Å². The van der Waals surface area contributed by atoms with Crippen LogP contribution in [0.25, 0.3) is 0 Å². The van der Waals surface area contributed by atoms with Gasteiger partial charge in [-0.05, 0) is 31.1 Å². The van der Waals surface area contributed by atoms with Crippen molar-refractivity contribution in [3.05, 3.63) is 12.3 Å². The van der Waals surface area contributed by atoms with Gasteiger partial charge in [0.25, 0.3) is 0 Å². The average Bonchev–Trinajstić information content (AvgIpc) is 2.58. The van der Waals surface area contributed by atoms with E-state index in [0.29, 0.717) is 6.10 Å². The van der Waals surface area contributed by atoms with Crippen molar-refractivity contribution in [3.8, 4) is 5.88 Å². The molecule has 1 saturated carbocycles. The first-order valence-electron chi connectivity index (χ1n) is 5.81. The maximum absolute atomic E-state index is 5.86. The number of ether oxygens (including phenoxy) is 1. The van der Waals surface area contributed by atoms with E-state index in [1.54, 1.807) is 4.68 Å². The molecular formula is C12H20N2O. The van der Waals surface area contributed by atoms with Gasteiger partial charge in [0, 0.05) is 19.3 Å². The third-order valence-corrected chi connectivity index (χ3v) is 3.53. The lowest BCUT2D eigenvalue weighted by molar-refractivity contribution is 0.0959. The van der Waals surface area contributed by atoms with E-state index in [1.165, 1.54) is 12.8 Å². The Balaban J connectivity index is 1.90. The van der Waals surface area contributed by atoms with Crippen LogP contribution in [-0.4, -0.2) is 15.9 Å². The molecule has 0 bridgehead atoms. The molecule has 0 radical (unpaired) electrons. The standard InChI is InChI=1S/C12H20N2O/c1-9-4-5-11(8-10(9)2)15-12-6-7-14(3)13-12/h6-7,9-11H,4-5,8H2,1-3H3. The number of nitrogens with zero attached hydrogens (tertiary/aromatic N) is 2. The summed E-state index contributed by atoms with van der Waals surface area (Å²) in [6, 6.07) is 1.93. The van der Waals surface area contributed by atoms with E-state index in [2.05, 4.69) is 18.9 Å². The van der Waals surface area contributed by atoms with E-state index in [0.717, 1.165) is 24.1 Å². The van der Waals surface area contributed by atoms with Crippen LogP contribution in [0.1, 0.15) is 33.1 Å². The average molecular weight is 208 g/mol. The van der Waals surface area contributed by atoms with E-state index in [9.17, 15) is 0 Å². The second-order valence-electron chi connectivity index (χ2n) is 4.84. The van der Waals surface area contributed by atoms with E-state index in [-0.39, 0.29) is 0 Å². The fourth-order valence-corrected chi connectivity index (χ4v) is 2.23. The van der Waals surface area contributed by atoms with Crippen LogP contribution >= 0.6 is 0 Å². The summed E-state index contributed by atoms with van der Waals surface area (Å²) in [5.74, 6) is 2.38. The highest BCUT2D eigenvalue weighted by Crippen LogP contribution is 2.31. The zero-order valence-electron chi connectivity index (χ0n) is 9.81. The van der Waals surface area contributed by atoms with E-state index < -0.39 is 0 Å². The van der Waals surface area contributed by atoms with Gasteiger partial charge in [0.1, 0.15) is 6.10 Å². The Labute approximate surface area is 91.4 Å². The van der Waals surface area contributed by atoms with Gasteiger partial charge in [0.15, 0.2) is 0 Å². The molecule has 2 rings (SSSR count). The van der Waals surface area contributed by atoms with Gasteiger partial charge >= 0.3 is 0 Å². The molecule has 0 N–H and O–H groups in total. The van der Waals surface area contributed by atoms with Crippen LogP contribution in [0.4, 0.5) is 0 Å². The van der Waals surface area contributed by atoms with Crippen LogP contribution < -0.4 is 4.74 Å². The highest BCUT2D eigenvalue weighted by molar-refractivity contribution is 5.06. The van der Waals surface area contributed by atoms with E-state index >= 15 is 0 Å². The summed E-state index contributed by atoms with van der Waals surface area (Å²) >= 11 is 0. The number of aryl methyl sites for hydroxylation is 1. The predicted octanol–water partition coefficient (Wildman–Crippen LogP) is 2.62. The topological polar surface area (TPSA) is 27.1 Å². The maximum atomic E-state index is 5.86. The molecule has 1 aliphatic carbocycles. The maximum Gasteiger partial charge on any atom is 0.232 e. The lowest BCUT2D eigenvalue weighted by atomic mass is 9.80. The van der Waals surface area contributed by atoms with Gasteiger partial charge in [0.05, 0.1) is 0 Å². The summed E-state index contributed by atoms with van der Waals surface area (Å²) in [5, 5.41) is 4.24. The molecule has 1 heterocycles. The molecule has 3 heteroatoms. The normalized spacial score (nSPS) is 31.5. The largest absolute Gasteiger partial charge is 0.473 e. The van der Waals surface area contributed by atoms with Crippen molar-refractivity contribution < 1.29 is 4.74 Å². The first-order chi connectivity index (χ1) is 7.15. The zero-order chi connectivity index (χ0) is 10.8. The van der Waals surface area contributed by atoms with Gasteiger partial charge in [-0.3, -0.25) is 4.68 Å². The van der Waals surface area contributed by atoms with E-state index in [4.69, 9.17) is 4.74 Å². The van der Waals surface area contributed by atoms with Gasteiger partial charge in [-0.2, -0.15) is 0 Å². The van der Waals surface area contributed by atoms with Crippen LogP contribution in [-0.2, 0) is 7.05 Å². The van der Waals surface area contributed by atoms with Crippen LogP contribution in [0.5, 0.6) is 5.88 Å². The Morgan fingerprint density at radius 3 is 2.73 bits per heavy atom. The Hall–Kier alpha value is -0.990. The van der Waals surface area contributed by atoms with Crippen molar-refractivity contribution in [2.24, 2.45) is 18.9 Å². The van der Waals surface area contributed by atoms with Gasteiger partial charge in [-0.1, -0.05) is 13.8 Å². The van der Waals surface area contributed by atoms with E-state index in [1.807, 2.05) is 19.3 Å². The van der Waals surface area contributed by atoms with Crippen molar-refractivity contribution in [2.75, 3.05) is 0 Å². The molecule has 84 valence electrons. The molecule has 1 fully saturated rings. The first-order valence-corrected chi connectivity index (χ1v) is 5.81. The molecule has 3 nitrogen and oxygen atoms in total. The van der Waals surface area contributed by atoms with Gasteiger partial charge in [-0.15, -0.1) is 5.10 Å². The number of aromatic nitrogens is 2. The minimum absolute atomic E-state index is 0.367. The summed E-state index contributed by atoms with van der Waals surface area (Å²) in [5.41, 5.74) is 0. The van der Waals surface area contributed by atoms with Crippen LogP contribution in [0.15, 0.2) is 12.3 Å².